The summed E-state index contributed by atoms with van der Waals surface area (Å²) in [4.78, 5) is 49.8. The van der Waals surface area contributed by atoms with Crippen molar-refractivity contribution in [3.05, 3.63) is 0 Å². The SMILES string of the molecule is C[C@H](CCC(=O)C[C@@H]1C(=O)C[C@@H]2CC(=O)[C@H]3CCCC[C@@H]3[C@H]21)NC(=O)OC(C)(C)C. The minimum absolute atomic E-state index is 0.0797. The normalized spacial score (nSPS) is 32.2. The summed E-state index contributed by atoms with van der Waals surface area (Å²) >= 11 is 0. The third-order valence-corrected chi connectivity index (χ3v) is 7.14. The lowest BCUT2D eigenvalue weighted by atomic mass is 9.60. The number of hydrogen-bond acceptors (Lipinski definition) is 5. The van der Waals surface area contributed by atoms with Gasteiger partial charge in [-0.15, -0.1) is 0 Å². The number of nitrogens with one attached hydrogen (secondary N) is 1. The molecule has 1 N–H and O–H groups in total. The Morgan fingerprint density at radius 2 is 1.77 bits per heavy atom. The number of Topliss-reactive ketones (excluding diaryl/α,β-unsaturated/α-hetero) is 3. The lowest BCUT2D eigenvalue weighted by molar-refractivity contribution is -0.134. The number of ether oxygens (including phenoxy) is 1. The number of rotatable bonds is 6. The van der Waals surface area contributed by atoms with Gasteiger partial charge in [0, 0.05) is 43.6 Å². The molecule has 0 bridgehead atoms. The van der Waals surface area contributed by atoms with E-state index < -0.39 is 11.7 Å². The van der Waals surface area contributed by atoms with E-state index in [9.17, 15) is 19.2 Å². The van der Waals surface area contributed by atoms with Crippen molar-refractivity contribution in [2.75, 3.05) is 0 Å². The lowest BCUT2D eigenvalue weighted by Crippen LogP contribution is -2.43. The predicted molar refractivity (Wildman–Crippen MR) is 113 cm³/mol. The van der Waals surface area contributed by atoms with Gasteiger partial charge >= 0.3 is 6.09 Å². The molecule has 1 amide bonds. The highest BCUT2D eigenvalue weighted by Crippen LogP contribution is 2.53. The first-order valence-corrected chi connectivity index (χ1v) is 11.6. The largest absolute Gasteiger partial charge is 0.444 e. The van der Waals surface area contributed by atoms with E-state index in [0.717, 1.165) is 25.7 Å². The van der Waals surface area contributed by atoms with Crippen LogP contribution in [0.15, 0.2) is 0 Å². The standard InChI is InChI=1S/C24H37NO5/c1-14(25-23(29)30-24(2,3)4)9-10-16(26)13-19-21(28)12-15-11-20(27)17-7-5-6-8-18(17)22(15)19/h14-15,17-19,22H,5-13H2,1-4H3,(H,25,29)/t14-,15+,17+,18+,19-,22+/m1/s1. The number of ketones is 3. The fraction of sp³-hybridized carbons (Fsp3) is 0.833. The highest BCUT2D eigenvalue weighted by molar-refractivity contribution is 5.92. The Balaban J connectivity index is 1.52. The molecule has 3 saturated carbocycles. The van der Waals surface area contributed by atoms with Crippen LogP contribution < -0.4 is 5.32 Å². The van der Waals surface area contributed by atoms with Crippen molar-refractivity contribution < 1.29 is 23.9 Å². The maximum atomic E-state index is 12.7. The molecule has 3 aliphatic rings. The molecule has 0 spiro atoms. The second kappa shape index (κ2) is 9.19. The van der Waals surface area contributed by atoms with Crippen LogP contribution in [0.1, 0.15) is 85.5 Å². The molecule has 30 heavy (non-hydrogen) atoms. The van der Waals surface area contributed by atoms with E-state index in [4.69, 9.17) is 4.74 Å². The van der Waals surface area contributed by atoms with Crippen molar-refractivity contribution in [3.8, 4) is 0 Å². The quantitative estimate of drug-likeness (QED) is 0.695. The van der Waals surface area contributed by atoms with Gasteiger partial charge in [-0.1, -0.05) is 12.8 Å². The summed E-state index contributed by atoms with van der Waals surface area (Å²) in [6.07, 6.45) is 5.87. The van der Waals surface area contributed by atoms with Crippen molar-refractivity contribution >= 4 is 23.4 Å². The zero-order valence-electron chi connectivity index (χ0n) is 18.9. The Kier molecular flexibility index (Phi) is 7.03. The summed E-state index contributed by atoms with van der Waals surface area (Å²) in [7, 11) is 0. The summed E-state index contributed by atoms with van der Waals surface area (Å²) in [5.41, 5.74) is -0.558. The molecule has 0 aromatic heterocycles. The van der Waals surface area contributed by atoms with E-state index in [1.165, 1.54) is 0 Å². The zero-order chi connectivity index (χ0) is 22.1. The van der Waals surface area contributed by atoms with Gasteiger partial charge in [0.05, 0.1) is 0 Å². The minimum atomic E-state index is -0.558. The molecule has 0 aromatic carbocycles. The number of fused-ring (bicyclic) bond motifs is 3. The third kappa shape index (κ3) is 5.50. The van der Waals surface area contributed by atoms with Crippen LogP contribution in [0.5, 0.6) is 0 Å². The van der Waals surface area contributed by atoms with Gasteiger partial charge in [0.1, 0.15) is 23.0 Å². The number of carbonyl (C=O) groups excluding carboxylic acids is 4. The van der Waals surface area contributed by atoms with Gasteiger partial charge in [0.15, 0.2) is 0 Å². The van der Waals surface area contributed by atoms with Crippen LogP contribution in [0.25, 0.3) is 0 Å². The van der Waals surface area contributed by atoms with E-state index >= 15 is 0 Å². The summed E-state index contributed by atoms with van der Waals surface area (Å²) in [5, 5.41) is 2.76. The van der Waals surface area contributed by atoms with E-state index in [-0.39, 0.29) is 47.7 Å². The van der Waals surface area contributed by atoms with Gasteiger partial charge < -0.3 is 10.1 Å². The van der Waals surface area contributed by atoms with Gasteiger partial charge in [-0.2, -0.15) is 0 Å². The number of carbonyl (C=O) groups is 4. The molecular weight excluding hydrogens is 382 g/mol. The average Bonchev–Trinajstić information content (AvgIpc) is 2.94. The second-order valence-electron chi connectivity index (χ2n) is 10.7. The Bertz CT molecular complexity index is 694. The van der Waals surface area contributed by atoms with E-state index in [0.29, 0.717) is 37.4 Å². The molecule has 3 rings (SSSR count). The van der Waals surface area contributed by atoms with E-state index in [1.807, 2.05) is 27.7 Å². The Hall–Kier alpha value is -1.72. The fourth-order valence-corrected chi connectivity index (χ4v) is 5.93. The zero-order valence-corrected chi connectivity index (χ0v) is 18.9. The lowest BCUT2D eigenvalue weighted by Gasteiger charge is -2.43. The number of alkyl carbamates (subject to hydrolysis) is 1. The van der Waals surface area contributed by atoms with E-state index in [2.05, 4.69) is 5.32 Å². The number of amides is 1. The van der Waals surface area contributed by atoms with Gasteiger partial charge in [-0.25, -0.2) is 4.79 Å². The summed E-state index contributed by atoms with van der Waals surface area (Å²) < 4.78 is 5.25. The van der Waals surface area contributed by atoms with Crippen LogP contribution in [0.3, 0.4) is 0 Å². The maximum absolute atomic E-state index is 12.7. The second-order valence-corrected chi connectivity index (χ2v) is 10.7. The van der Waals surface area contributed by atoms with Crippen LogP contribution in [0.4, 0.5) is 4.79 Å². The van der Waals surface area contributed by atoms with Crippen LogP contribution in [0.2, 0.25) is 0 Å². The van der Waals surface area contributed by atoms with Gasteiger partial charge in [-0.05, 0) is 64.7 Å². The number of hydrogen-bond donors (Lipinski definition) is 1. The van der Waals surface area contributed by atoms with Gasteiger partial charge in [0.2, 0.25) is 0 Å². The maximum Gasteiger partial charge on any atom is 0.407 e. The van der Waals surface area contributed by atoms with Crippen LogP contribution >= 0.6 is 0 Å². The first kappa shape index (κ1) is 23.0. The molecule has 6 nitrogen and oxygen atoms in total. The smallest absolute Gasteiger partial charge is 0.407 e. The van der Waals surface area contributed by atoms with Crippen molar-refractivity contribution in [2.45, 2.75) is 97.1 Å². The highest BCUT2D eigenvalue weighted by Gasteiger charge is 2.53. The Labute approximate surface area is 179 Å². The van der Waals surface area contributed by atoms with Gasteiger partial charge in [0.25, 0.3) is 0 Å². The van der Waals surface area contributed by atoms with Gasteiger partial charge in [-0.3, -0.25) is 14.4 Å². The molecule has 0 unspecified atom stereocenters. The first-order valence-electron chi connectivity index (χ1n) is 11.6. The van der Waals surface area contributed by atoms with Crippen molar-refractivity contribution in [2.24, 2.45) is 29.6 Å². The molecule has 6 atom stereocenters. The average molecular weight is 420 g/mol. The molecule has 3 aliphatic carbocycles. The van der Waals surface area contributed by atoms with Crippen molar-refractivity contribution in [1.29, 1.82) is 0 Å². The Morgan fingerprint density at radius 3 is 2.47 bits per heavy atom. The molecule has 168 valence electrons. The molecule has 3 fully saturated rings. The third-order valence-electron chi connectivity index (χ3n) is 7.14. The predicted octanol–water partition coefficient (Wildman–Crippen LogP) is 4.24. The summed E-state index contributed by atoms with van der Waals surface area (Å²) in [6, 6.07) is -0.175. The molecule has 0 radical (unpaired) electrons. The molecule has 0 saturated heterocycles. The van der Waals surface area contributed by atoms with Crippen molar-refractivity contribution in [3.63, 3.8) is 0 Å². The molecule has 0 aromatic rings. The molecule has 0 aliphatic heterocycles. The van der Waals surface area contributed by atoms with Crippen molar-refractivity contribution in [1.82, 2.24) is 5.32 Å². The Morgan fingerprint density at radius 1 is 1.10 bits per heavy atom. The fourth-order valence-electron chi connectivity index (χ4n) is 5.93. The monoisotopic (exact) mass is 419 g/mol. The van der Waals surface area contributed by atoms with Crippen LogP contribution in [-0.4, -0.2) is 35.1 Å². The molecule has 6 heteroatoms. The van der Waals surface area contributed by atoms with Crippen LogP contribution in [0, 0.1) is 29.6 Å². The topological polar surface area (TPSA) is 89.5 Å². The summed E-state index contributed by atoms with van der Waals surface area (Å²) in [5.74, 6) is 1.16. The molecule has 0 heterocycles. The minimum Gasteiger partial charge on any atom is -0.444 e. The molecular formula is C24H37NO5. The first-order chi connectivity index (χ1) is 14.0. The van der Waals surface area contributed by atoms with Crippen LogP contribution in [-0.2, 0) is 19.1 Å². The highest BCUT2D eigenvalue weighted by atomic mass is 16.6. The van der Waals surface area contributed by atoms with E-state index in [1.54, 1.807) is 0 Å². The summed E-state index contributed by atoms with van der Waals surface area (Å²) in [6.45, 7) is 7.28.